The average Bonchev–Trinajstić information content (AvgIpc) is 3.10. The predicted molar refractivity (Wildman–Crippen MR) is 112 cm³/mol. The van der Waals surface area contributed by atoms with Crippen molar-refractivity contribution in [2.45, 2.75) is 6.92 Å². The van der Waals surface area contributed by atoms with Crippen LogP contribution in [0.2, 0.25) is 5.15 Å². The molecule has 27 heavy (non-hydrogen) atoms. The summed E-state index contributed by atoms with van der Waals surface area (Å²) in [7, 11) is 5.59. The van der Waals surface area contributed by atoms with Gasteiger partial charge in [-0.3, -0.25) is 4.79 Å². The number of nitrogens with one attached hydrogen (secondary N) is 2. The van der Waals surface area contributed by atoms with Gasteiger partial charge in [0.1, 0.15) is 10.9 Å². The fraction of sp³-hybridized carbons (Fsp3) is 0.190. The summed E-state index contributed by atoms with van der Waals surface area (Å²) in [4.78, 5) is 17.8. The van der Waals surface area contributed by atoms with Crippen molar-refractivity contribution in [1.29, 1.82) is 0 Å². The molecule has 0 fully saturated rings. The normalized spacial score (nSPS) is 14.6. The molecule has 0 aliphatic carbocycles. The molecule has 5 nitrogen and oxygen atoms in total. The number of fused-ring (bicyclic) bond motifs is 2. The van der Waals surface area contributed by atoms with Gasteiger partial charge in [0.2, 0.25) is 0 Å². The molecule has 138 valence electrons. The van der Waals surface area contributed by atoms with Gasteiger partial charge in [0.15, 0.2) is 0 Å². The Bertz CT molecular complexity index is 1110. The van der Waals surface area contributed by atoms with Gasteiger partial charge in [0, 0.05) is 53.1 Å². The van der Waals surface area contributed by atoms with Crippen LogP contribution in [0, 0.1) is 6.92 Å². The third kappa shape index (κ3) is 2.84. The van der Waals surface area contributed by atoms with Gasteiger partial charge in [-0.05, 0) is 48.9 Å². The zero-order chi connectivity index (χ0) is 19.3. The largest absolute Gasteiger partial charge is 0.496 e. The highest BCUT2D eigenvalue weighted by Crippen LogP contribution is 2.39. The first kappa shape index (κ1) is 17.5. The molecule has 0 saturated carbocycles. The van der Waals surface area contributed by atoms with Crippen molar-refractivity contribution in [3.05, 3.63) is 52.2 Å². The minimum atomic E-state index is -0.134. The Balaban J connectivity index is 1.91. The number of H-pyrrole nitrogens is 1. The lowest BCUT2D eigenvalue weighted by Crippen LogP contribution is -2.08. The number of halogens is 1. The van der Waals surface area contributed by atoms with Gasteiger partial charge in [-0.1, -0.05) is 11.6 Å². The van der Waals surface area contributed by atoms with Crippen LogP contribution in [0.1, 0.15) is 16.7 Å². The summed E-state index contributed by atoms with van der Waals surface area (Å²) in [6.45, 7) is 1.98. The lowest BCUT2D eigenvalue weighted by Gasteiger charge is -2.13. The van der Waals surface area contributed by atoms with E-state index in [0.29, 0.717) is 10.7 Å². The number of rotatable bonds is 3. The maximum absolute atomic E-state index is 12.6. The number of nitrogens with zero attached hydrogens (tertiary/aromatic N) is 1. The molecular formula is C21H20ClN3O2. The smallest absolute Gasteiger partial charge is 0.256 e. The number of hydrogen-bond donors (Lipinski definition) is 2. The van der Waals surface area contributed by atoms with Crippen LogP contribution < -0.4 is 15.0 Å². The molecule has 0 spiro atoms. The number of amides is 1. The van der Waals surface area contributed by atoms with Gasteiger partial charge in [-0.2, -0.15) is 0 Å². The lowest BCUT2D eigenvalue weighted by atomic mass is 10.0. The number of methoxy groups -OCH3 is 1. The van der Waals surface area contributed by atoms with E-state index in [1.165, 1.54) is 0 Å². The number of ether oxygens (including phenoxy) is 1. The zero-order valence-electron chi connectivity index (χ0n) is 15.6. The Kier molecular flexibility index (Phi) is 4.12. The Labute approximate surface area is 162 Å². The van der Waals surface area contributed by atoms with Crippen LogP contribution >= 0.6 is 11.6 Å². The van der Waals surface area contributed by atoms with Crippen molar-refractivity contribution in [3.8, 4) is 5.75 Å². The summed E-state index contributed by atoms with van der Waals surface area (Å²) in [6.07, 6.45) is 1.84. The van der Waals surface area contributed by atoms with Crippen molar-refractivity contribution < 1.29 is 9.53 Å². The molecule has 0 atom stereocenters. The maximum Gasteiger partial charge on any atom is 0.256 e. The summed E-state index contributed by atoms with van der Waals surface area (Å²) in [5.41, 5.74) is 6.00. The molecule has 1 aliphatic rings. The third-order valence-electron chi connectivity index (χ3n) is 4.90. The first-order chi connectivity index (χ1) is 12.9. The van der Waals surface area contributed by atoms with Gasteiger partial charge in [0.25, 0.3) is 5.91 Å². The Morgan fingerprint density at radius 2 is 1.96 bits per heavy atom. The molecule has 1 aromatic heterocycles. The molecule has 0 radical (unpaired) electrons. The van der Waals surface area contributed by atoms with E-state index >= 15 is 0 Å². The SMILES string of the molecule is COc1cc2c(/C=C3/C(=O)Nc4ccc(N(C)C)cc43)c(Cl)[nH]c2cc1C. The molecule has 3 aromatic rings. The summed E-state index contributed by atoms with van der Waals surface area (Å²) >= 11 is 6.47. The van der Waals surface area contributed by atoms with E-state index in [0.717, 1.165) is 44.7 Å². The van der Waals surface area contributed by atoms with Crippen molar-refractivity contribution in [2.75, 3.05) is 31.4 Å². The molecular weight excluding hydrogens is 362 g/mol. The molecule has 0 saturated heterocycles. The standard InChI is InChI=1S/C21H20ClN3O2/c1-11-7-18-14(10-19(11)27-4)15(20(22)23-18)9-16-13-8-12(25(2)3)5-6-17(13)24-21(16)26/h5-10,23H,1-4H3,(H,24,26)/b16-9+. The molecule has 2 N–H and O–H groups in total. The average molecular weight is 382 g/mol. The number of anilines is 2. The highest BCUT2D eigenvalue weighted by molar-refractivity contribution is 6.38. The molecule has 0 unspecified atom stereocenters. The predicted octanol–water partition coefficient (Wildman–Crippen LogP) is 4.70. The quantitative estimate of drug-likeness (QED) is 0.647. The fourth-order valence-corrected chi connectivity index (χ4v) is 3.68. The van der Waals surface area contributed by atoms with Crippen LogP contribution in [0.4, 0.5) is 11.4 Å². The van der Waals surface area contributed by atoms with Crippen LogP contribution in [-0.4, -0.2) is 32.1 Å². The van der Waals surface area contributed by atoms with E-state index in [9.17, 15) is 4.79 Å². The molecule has 6 heteroatoms. The topological polar surface area (TPSA) is 57.4 Å². The van der Waals surface area contributed by atoms with Crippen LogP contribution in [0.3, 0.4) is 0 Å². The highest BCUT2D eigenvalue weighted by atomic mass is 35.5. The Hall–Kier alpha value is -2.92. The number of hydrogen-bond acceptors (Lipinski definition) is 3. The molecule has 1 amide bonds. The second-order valence-electron chi connectivity index (χ2n) is 6.86. The van der Waals surface area contributed by atoms with Crippen LogP contribution in [0.25, 0.3) is 22.6 Å². The molecule has 2 heterocycles. The van der Waals surface area contributed by atoms with Crippen molar-refractivity contribution in [3.63, 3.8) is 0 Å². The number of carbonyl (C=O) groups excluding carboxylic acids is 1. The van der Waals surface area contributed by atoms with Crippen molar-refractivity contribution in [1.82, 2.24) is 4.98 Å². The molecule has 1 aliphatic heterocycles. The second kappa shape index (κ2) is 6.35. The van der Waals surface area contributed by atoms with E-state index in [-0.39, 0.29) is 5.91 Å². The number of carbonyl (C=O) groups is 1. The summed E-state index contributed by atoms with van der Waals surface area (Å²) in [5, 5.41) is 4.33. The lowest BCUT2D eigenvalue weighted by molar-refractivity contribution is -0.110. The highest BCUT2D eigenvalue weighted by Gasteiger charge is 2.25. The maximum atomic E-state index is 12.6. The Morgan fingerprint density at radius 1 is 1.19 bits per heavy atom. The minimum Gasteiger partial charge on any atom is -0.496 e. The van der Waals surface area contributed by atoms with E-state index in [1.807, 2.05) is 62.3 Å². The van der Waals surface area contributed by atoms with Crippen LogP contribution in [0.5, 0.6) is 5.75 Å². The first-order valence-corrected chi connectivity index (χ1v) is 8.97. The van der Waals surface area contributed by atoms with Gasteiger partial charge in [-0.25, -0.2) is 0 Å². The fourth-order valence-electron chi connectivity index (χ4n) is 3.42. The molecule has 4 rings (SSSR count). The van der Waals surface area contributed by atoms with Gasteiger partial charge < -0.3 is 19.9 Å². The summed E-state index contributed by atoms with van der Waals surface area (Å²) in [5.74, 6) is 0.648. The Morgan fingerprint density at radius 3 is 2.67 bits per heavy atom. The van der Waals surface area contributed by atoms with Crippen LogP contribution in [0.15, 0.2) is 30.3 Å². The molecule has 2 aromatic carbocycles. The summed E-state index contributed by atoms with van der Waals surface area (Å²) < 4.78 is 5.44. The van der Waals surface area contributed by atoms with E-state index in [1.54, 1.807) is 7.11 Å². The third-order valence-corrected chi connectivity index (χ3v) is 5.20. The summed E-state index contributed by atoms with van der Waals surface area (Å²) in [6, 6.07) is 9.85. The number of aromatic nitrogens is 1. The van der Waals surface area contributed by atoms with Gasteiger partial charge >= 0.3 is 0 Å². The van der Waals surface area contributed by atoms with Gasteiger partial charge in [-0.15, -0.1) is 0 Å². The molecule has 0 bridgehead atoms. The van der Waals surface area contributed by atoms with Crippen molar-refractivity contribution in [2.24, 2.45) is 0 Å². The van der Waals surface area contributed by atoms with E-state index < -0.39 is 0 Å². The number of aromatic amines is 1. The minimum absolute atomic E-state index is 0.134. The zero-order valence-corrected chi connectivity index (χ0v) is 16.4. The van der Waals surface area contributed by atoms with E-state index in [4.69, 9.17) is 16.3 Å². The first-order valence-electron chi connectivity index (χ1n) is 8.59. The van der Waals surface area contributed by atoms with Gasteiger partial charge in [0.05, 0.1) is 7.11 Å². The number of benzene rings is 2. The van der Waals surface area contributed by atoms with Crippen molar-refractivity contribution >= 4 is 51.4 Å². The van der Waals surface area contributed by atoms with Crippen LogP contribution in [-0.2, 0) is 4.79 Å². The van der Waals surface area contributed by atoms with E-state index in [2.05, 4.69) is 10.3 Å². The second-order valence-corrected chi connectivity index (χ2v) is 7.23. The number of aryl methyl sites for hydroxylation is 1. The monoisotopic (exact) mass is 381 g/mol.